The second-order valence-electron chi connectivity index (χ2n) is 6.12. The quantitative estimate of drug-likeness (QED) is 0.843. The summed E-state index contributed by atoms with van der Waals surface area (Å²) in [7, 11) is 0. The molecule has 0 aliphatic heterocycles. The number of anilines is 1. The summed E-state index contributed by atoms with van der Waals surface area (Å²) in [6, 6.07) is 6.14. The number of carbonyl (C=O) groups is 1. The minimum Gasteiger partial charge on any atom is -0.335 e. The minimum atomic E-state index is -0.334. The molecular formula is C15H17FN2O. The molecule has 0 aromatic heterocycles. The van der Waals surface area contributed by atoms with Crippen LogP contribution in [0.3, 0.4) is 0 Å². The van der Waals surface area contributed by atoms with Crippen molar-refractivity contribution in [2.24, 2.45) is 23.7 Å². The van der Waals surface area contributed by atoms with E-state index in [1.807, 2.05) is 0 Å². The van der Waals surface area contributed by atoms with Crippen molar-refractivity contribution in [3.05, 3.63) is 30.1 Å². The zero-order valence-corrected chi connectivity index (χ0v) is 10.6. The Hall–Kier alpha value is -1.58. The largest absolute Gasteiger partial charge is 0.335 e. The van der Waals surface area contributed by atoms with E-state index in [1.165, 1.54) is 31.4 Å². The van der Waals surface area contributed by atoms with Crippen molar-refractivity contribution in [1.29, 1.82) is 0 Å². The molecule has 3 saturated carbocycles. The first-order chi connectivity index (χ1) is 9.22. The molecule has 1 aromatic carbocycles. The average molecular weight is 260 g/mol. The molecule has 2 bridgehead atoms. The summed E-state index contributed by atoms with van der Waals surface area (Å²) >= 11 is 0. The molecule has 2 N–H and O–H groups in total. The zero-order valence-electron chi connectivity index (χ0n) is 10.6. The molecule has 4 atom stereocenters. The van der Waals surface area contributed by atoms with E-state index in [-0.39, 0.29) is 11.8 Å². The maximum Gasteiger partial charge on any atom is 0.319 e. The third-order valence-electron chi connectivity index (χ3n) is 5.12. The Morgan fingerprint density at radius 2 is 1.95 bits per heavy atom. The number of amides is 2. The number of halogens is 1. The van der Waals surface area contributed by atoms with Crippen LogP contribution < -0.4 is 10.6 Å². The fraction of sp³-hybridized carbons (Fsp3) is 0.533. The van der Waals surface area contributed by atoms with Gasteiger partial charge in [0.25, 0.3) is 0 Å². The van der Waals surface area contributed by atoms with Crippen LogP contribution in [-0.2, 0) is 0 Å². The van der Waals surface area contributed by atoms with E-state index in [0.717, 1.165) is 23.7 Å². The lowest BCUT2D eigenvalue weighted by Gasteiger charge is -2.11. The highest BCUT2D eigenvalue weighted by Gasteiger charge is 2.65. The van der Waals surface area contributed by atoms with Gasteiger partial charge in [0.1, 0.15) is 5.82 Å². The number of rotatable bonds is 2. The molecule has 2 amide bonds. The maximum atomic E-state index is 13.0. The lowest BCUT2D eigenvalue weighted by atomic mass is 10.0. The Kier molecular flexibility index (Phi) is 2.34. The van der Waals surface area contributed by atoms with Crippen LogP contribution in [0.25, 0.3) is 0 Å². The van der Waals surface area contributed by atoms with Gasteiger partial charge >= 0.3 is 6.03 Å². The number of hydrogen-bond acceptors (Lipinski definition) is 1. The summed E-state index contributed by atoms with van der Waals surface area (Å²) in [5.41, 5.74) is 0.506. The lowest BCUT2D eigenvalue weighted by molar-refractivity contribution is 0.249. The highest BCUT2D eigenvalue weighted by molar-refractivity contribution is 5.89. The summed E-state index contributed by atoms with van der Waals surface area (Å²) in [5.74, 6) is 2.79. The van der Waals surface area contributed by atoms with Gasteiger partial charge in [0.15, 0.2) is 0 Å². The molecule has 0 radical (unpaired) electrons. The average Bonchev–Trinajstić information content (AvgIpc) is 2.78. The van der Waals surface area contributed by atoms with Crippen LogP contribution in [-0.4, -0.2) is 12.1 Å². The summed E-state index contributed by atoms with van der Waals surface area (Å²) in [5, 5.41) is 5.76. The van der Waals surface area contributed by atoms with Gasteiger partial charge in [0.2, 0.25) is 0 Å². The van der Waals surface area contributed by atoms with Crippen molar-refractivity contribution in [3.8, 4) is 0 Å². The monoisotopic (exact) mass is 260 g/mol. The number of carbonyl (C=O) groups excluding carboxylic acids is 1. The van der Waals surface area contributed by atoms with Gasteiger partial charge < -0.3 is 10.6 Å². The van der Waals surface area contributed by atoms with Crippen molar-refractivity contribution in [2.75, 3.05) is 5.32 Å². The van der Waals surface area contributed by atoms with Crippen LogP contribution in [0.5, 0.6) is 0 Å². The fourth-order valence-electron chi connectivity index (χ4n) is 4.40. The molecule has 0 spiro atoms. The molecule has 0 heterocycles. The van der Waals surface area contributed by atoms with E-state index in [1.54, 1.807) is 12.1 Å². The molecule has 0 saturated heterocycles. The molecule has 3 aliphatic rings. The third kappa shape index (κ3) is 1.81. The highest BCUT2D eigenvalue weighted by Crippen LogP contribution is 2.65. The van der Waals surface area contributed by atoms with Crippen LogP contribution >= 0.6 is 0 Å². The molecule has 3 aliphatic carbocycles. The van der Waals surface area contributed by atoms with Gasteiger partial charge in [-0.1, -0.05) is 6.07 Å². The predicted octanol–water partition coefficient (Wildman–Crippen LogP) is 2.99. The van der Waals surface area contributed by atoms with Crippen LogP contribution in [0.15, 0.2) is 24.3 Å². The second kappa shape index (κ2) is 3.95. The normalized spacial score (nSPS) is 37.8. The Morgan fingerprint density at radius 3 is 2.63 bits per heavy atom. The number of urea groups is 1. The molecule has 1 aromatic rings. The predicted molar refractivity (Wildman–Crippen MR) is 70.2 cm³/mol. The Balaban J connectivity index is 1.36. The molecular weight excluding hydrogens is 243 g/mol. The third-order valence-corrected chi connectivity index (χ3v) is 5.12. The summed E-state index contributed by atoms with van der Waals surface area (Å²) in [4.78, 5) is 11.9. The maximum absolute atomic E-state index is 13.0. The SMILES string of the molecule is O=C(Nc1cccc(F)c1)NC1C2C3CCC(C3)C12. The van der Waals surface area contributed by atoms with E-state index in [2.05, 4.69) is 10.6 Å². The van der Waals surface area contributed by atoms with E-state index < -0.39 is 0 Å². The van der Waals surface area contributed by atoms with Crippen molar-refractivity contribution < 1.29 is 9.18 Å². The van der Waals surface area contributed by atoms with Gasteiger partial charge in [0, 0.05) is 11.7 Å². The molecule has 4 rings (SSSR count). The molecule has 19 heavy (non-hydrogen) atoms. The van der Waals surface area contributed by atoms with Gasteiger partial charge in [-0.05, 0) is 61.1 Å². The molecule has 3 fully saturated rings. The van der Waals surface area contributed by atoms with E-state index >= 15 is 0 Å². The van der Waals surface area contributed by atoms with Crippen LogP contribution in [0, 0.1) is 29.5 Å². The first kappa shape index (κ1) is 11.3. The summed E-state index contributed by atoms with van der Waals surface area (Å²) in [6.45, 7) is 0. The Morgan fingerprint density at radius 1 is 1.21 bits per heavy atom. The van der Waals surface area contributed by atoms with E-state index in [4.69, 9.17) is 0 Å². The highest BCUT2D eigenvalue weighted by atomic mass is 19.1. The smallest absolute Gasteiger partial charge is 0.319 e. The first-order valence-corrected chi connectivity index (χ1v) is 7.05. The van der Waals surface area contributed by atoms with E-state index in [9.17, 15) is 9.18 Å². The second-order valence-corrected chi connectivity index (χ2v) is 6.12. The molecule has 3 nitrogen and oxygen atoms in total. The fourth-order valence-corrected chi connectivity index (χ4v) is 4.40. The molecule has 100 valence electrons. The summed E-state index contributed by atoms with van der Waals surface area (Å²) < 4.78 is 13.0. The van der Waals surface area contributed by atoms with Crippen LogP contribution in [0.1, 0.15) is 19.3 Å². The topological polar surface area (TPSA) is 41.1 Å². The van der Waals surface area contributed by atoms with Gasteiger partial charge in [0.05, 0.1) is 0 Å². The summed E-state index contributed by atoms with van der Waals surface area (Å²) in [6.07, 6.45) is 4.06. The van der Waals surface area contributed by atoms with Crippen molar-refractivity contribution in [2.45, 2.75) is 25.3 Å². The first-order valence-electron chi connectivity index (χ1n) is 7.05. The lowest BCUT2D eigenvalue weighted by Crippen LogP contribution is -2.33. The van der Waals surface area contributed by atoms with Gasteiger partial charge in [-0.15, -0.1) is 0 Å². The standard InChI is InChI=1S/C15H17FN2O/c16-10-2-1-3-11(7-10)17-15(19)18-14-12-8-4-5-9(6-8)13(12)14/h1-3,7-9,12-14H,4-6H2,(H2,17,18,19). The number of benzene rings is 1. The minimum absolute atomic E-state index is 0.204. The van der Waals surface area contributed by atoms with Crippen molar-refractivity contribution >= 4 is 11.7 Å². The van der Waals surface area contributed by atoms with E-state index in [0.29, 0.717) is 11.7 Å². The van der Waals surface area contributed by atoms with Crippen LogP contribution in [0.2, 0.25) is 0 Å². The molecule has 4 heteroatoms. The Bertz CT molecular complexity index is 517. The van der Waals surface area contributed by atoms with Gasteiger partial charge in [-0.2, -0.15) is 0 Å². The number of hydrogen-bond donors (Lipinski definition) is 2. The van der Waals surface area contributed by atoms with Gasteiger partial charge in [-0.25, -0.2) is 9.18 Å². The zero-order chi connectivity index (χ0) is 13.0. The molecule has 4 unspecified atom stereocenters. The number of fused-ring (bicyclic) bond motifs is 5. The van der Waals surface area contributed by atoms with Crippen LogP contribution in [0.4, 0.5) is 14.9 Å². The van der Waals surface area contributed by atoms with Crippen molar-refractivity contribution in [3.63, 3.8) is 0 Å². The van der Waals surface area contributed by atoms with Gasteiger partial charge in [-0.3, -0.25) is 0 Å². The van der Waals surface area contributed by atoms with Crippen molar-refractivity contribution in [1.82, 2.24) is 5.32 Å². The number of nitrogens with one attached hydrogen (secondary N) is 2. The Labute approximate surface area is 111 Å².